The van der Waals surface area contributed by atoms with Crippen molar-refractivity contribution in [3.63, 3.8) is 0 Å². The second-order valence-corrected chi connectivity index (χ2v) is 5.08. The molecule has 0 saturated heterocycles. The first-order chi connectivity index (χ1) is 8.77. The van der Waals surface area contributed by atoms with Gasteiger partial charge in [0.1, 0.15) is 0 Å². The predicted octanol–water partition coefficient (Wildman–Crippen LogP) is 3.03. The fourth-order valence-electron chi connectivity index (χ4n) is 2.03. The van der Waals surface area contributed by atoms with Crippen LogP contribution in [0.1, 0.15) is 24.9 Å². The zero-order valence-corrected chi connectivity index (χ0v) is 11.9. The molecule has 0 fully saturated rings. The third-order valence-electron chi connectivity index (χ3n) is 2.95. The summed E-state index contributed by atoms with van der Waals surface area (Å²) in [6, 6.07) is 7.92. The van der Waals surface area contributed by atoms with E-state index in [2.05, 4.69) is 33.2 Å². The number of aliphatic hydroxyl groups is 1. The van der Waals surface area contributed by atoms with Crippen molar-refractivity contribution in [3.8, 4) is 0 Å². The van der Waals surface area contributed by atoms with Gasteiger partial charge in [-0.25, -0.2) is 0 Å². The van der Waals surface area contributed by atoms with Crippen molar-refractivity contribution in [2.24, 2.45) is 0 Å². The van der Waals surface area contributed by atoms with E-state index >= 15 is 0 Å². The third-order valence-corrected chi connectivity index (χ3v) is 3.64. The van der Waals surface area contributed by atoms with Crippen molar-refractivity contribution in [2.45, 2.75) is 19.4 Å². The predicted molar refractivity (Wildman–Crippen MR) is 77.6 cm³/mol. The number of aromatic nitrogens is 1. The van der Waals surface area contributed by atoms with Gasteiger partial charge in [0, 0.05) is 16.1 Å². The maximum Gasteiger partial charge on any atom is 0.0761 e. The fraction of sp³-hybridized carbons (Fsp3) is 0.357. The highest BCUT2D eigenvalue weighted by molar-refractivity contribution is 9.10. The van der Waals surface area contributed by atoms with Gasteiger partial charge in [-0.05, 0) is 30.7 Å². The van der Waals surface area contributed by atoms with Crippen molar-refractivity contribution >= 4 is 26.8 Å². The van der Waals surface area contributed by atoms with Crippen molar-refractivity contribution in [1.29, 1.82) is 0 Å². The van der Waals surface area contributed by atoms with Crippen LogP contribution in [-0.4, -0.2) is 23.2 Å². The second kappa shape index (κ2) is 6.27. The Kier molecular flexibility index (Phi) is 4.69. The number of benzene rings is 1. The highest BCUT2D eigenvalue weighted by Crippen LogP contribution is 2.28. The van der Waals surface area contributed by atoms with Crippen LogP contribution in [-0.2, 0) is 0 Å². The standard InChI is InChI=1S/C14H17BrN2O/c1-2-7-16-13(9-18)11-5-6-12(15)10-4-3-8-17-14(10)11/h3-6,8,13,16,18H,2,7,9H2,1H3. The number of fused-ring (bicyclic) bond motifs is 1. The maximum absolute atomic E-state index is 9.53. The summed E-state index contributed by atoms with van der Waals surface area (Å²) in [5, 5.41) is 14.0. The van der Waals surface area contributed by atoms with E-state index in [1.54, 1.807) is 6.20 Å². The van der Waals surface area contributed by atoms with Crippen molar-refractivity contribution in [2.75, 3.05) is 13.2 Å². The lowest BCUT2D eigenvalue weighted by Crippen LogP contribution is -2.25. The van der Waals surface area contributed by atoms with E-state index in [4.69, 9.17) is 0 Å². The molecule has 0 aliphatic heterocycles. The topological polar surface area (TPSA) is 45.1 Å². The van der Waals surface area contributed by atoms with E-state index in [-0.39, 0.29) is 12.6 Å². The van der Waals surface area contributed by atoms with E-state index in [1.807, 2.05) is 24.3 Å². The van der Waals surface area contributed by atoms with Crippen LogP contribution >= 0.6 is 15.9 Å². The van der Waals surface area contributed by atoms with Crippen molar-refractivity contribution in [1.82, 2.24) is 10.3 Å². The number of nitrogens with one attached hydrogen (secondary N) is 1. The number of hydrogen-bond donors (Lipinski definition) is 2. The molecule has 0 aliphatic carbocycles. The summed E-state index contributed by atoms with van der Waals surface area (Å²) in [6.07, 6.45) is 2.82. The largest absolute Gasteiger partial charge is 0.394 e. The van der Waals surface area contributed by atoms with Crippen LogP contribution in [0, 0.1) is 0 Å². The molecule has 0 saturated carbocycles. The minimum absolute atomic E-state index is 0.0598. The van der Waals surface area contributed by atoms with Crippen LogP contribution in [0.4, 0.5) is 0 Å². The molecule has 1 aromatic heterocycles. The van der Waals surface area contributed by atoms with Gasteiger partial charge in [-0.1, -0.05) is 35.0 Å². The van der Waals surface area contributed by atoms with Gasteiger partial charge >= 0.3 is 0 Å². The summed E-state index contributed by atoms with van der Waals surface area (Å²) in [5.41, 5.74) is 1.99. The average molecular weight is 309 g/mol. The minimum atomic E-state index is -0.0598. The Morgan fingerprint density at radius 3 is 2.94 bits per heavy atom. The molecule has 3 nitrogen and oxygen atoms in total. The van der Waals surface area contributed by atoms with Crippen LogP contribution in [0.5, 0.6) is 0 Å². The Balaban J connectivity index is 2.46. The SMILES string of the molecule is CCCNC(CO)c1ccc(Br)c2cccnc12. The highest BCUT2D eigenvalue weighted by atomic mass is 79.9. The van der Waals surface area contributed by atoms with Crippen molar-refractivity contribution < 1.29 is 5.11 Å². The molecule has 0 radical (unpaired) electrons. The van der Waals surface area contributed by atoms with Gasteiger partial charge in [0.15, 0.2) is 0 Å². The lowest BCUT2D eigenvalue weighted by atomic mass is 10.0. The molecule has 96 valence electrons. The number of aliphatic hydroxyl groups excluding tert-OH is 1. The molecule has 2 N–H and O–H groups in total. The Bertz CT molecular complexity index is 530. The van der Waals surface area contributed by atoms with Gasteiger partial charge in [0.2, 0.25) is 0 Å². The van der Waals surface area contributed by atoms with E-state index in [1.165, 1.54) is 0 Å². The van der Waals surface area contributed by atoms with E-state index in [0.29, 0.717) is 0 Å². The first kappa shape index (κ1) is 13.5. The van der Waals surface area contributed by atoms with E-state index in [9.17, 15) is 5.11 Å². The minimum Gasteiger partial charge on any atom is -0.394 e. The molecule has 1 aromatic carbocycles. The smallest absolute Gasteiger partial charge is 0.0761 e. The quantitative estimate of drug-likeness (QED) is 0.892. The van der Waals surface area contributed by atoms with Gasteiger partial charge in [-0.3, -0.25) is 4.98 Å². The molecule has 2 aromatic rings. The lowest BCUT2D eigenvalue weighted by molar-refractivity contribution is 0.245. The van der Waals surface area contributed by atoms with Crippen LogP contribution in [0.3, 0.4) is 0 Å². The summed E-state index contributed by atoms with van der Waals surface area (Å²) in [5.74, 6) is 0. The van der Waals surface area contributed by atoms with Gasteiger partial charge in [0.25, 0.3) is 0 Å². The summed E-state index contributed by atoms with van der Waals surface area (Å²) in [4.78, 5) is 4.44. The molecular weight excluding hydrogens is 292 g/mol. The van der Waals surface area contributed by atoms with Crippen molar-refractivity contribution in [3.05, 3.63) is 40.5 Å². The number of rotatable bonds is 5. The third kappa shape index (κ3) is 2.71. The average Bonchev–Trinajstić information content (AvgIpc) is 2.42. The molecule has 4 heteroatoms. The second-order valence-electron chi connectivity index (χ2n) is 4.23. The van der Waals surface area contributed by atoms with Crippen LogP contribution in [0.15, 0.2) is 34.9 Å². The van der Waals surface area contributed by atoms with Gasteiger partial charge in [0.05, 0.1) is 18.2 Å². The number of hydrogen-bond acceptors (Lipinski definition) is 3. The molecule has 1 heterocycles. The van der Waals surface area contributed by atoms with E-state index < -0.39 is 0 Å². The van der Waals surface area contributed by atoms with Gasteiger partial charge in [-0.15, -0.1) is 0 Å². The highest BCUT2D eigenvalue weighted by Gasteiger charge is 2.14. The van der Waals surface area contributed by atoms with E-state index in [0.717, 1.165) is 33.9 Å². The Labute approximate surface area is 115 Å². The zero-order chi connectivity index (χ0) is 13.0. The zero-order valence-electron chi connectivity index (χ0n) is 10.4. The maximum atomic E-state index is 9.53. The monoisotopic (exact) mass is 308 g/mol. The number of pyridine rings is 1. The summed E-state index contributed by atoms with van der Waals surface area (Å²) >= 11 is 3.53. The first-order valence-electron chi connectivity index (χ1n) is 6.15. The molecule has 0 bridgehead atoms. The number of halogens is 1. The van der Waals surface area contributed by atoms with Gasteiger partial charge in [-0.2, -0.15) is 0 Å². The molecule has 0 aliphatic rings. The van der Waals surface area contributed by atoms with Crippen LogP contribution in [0.2, 0.25) is 0 Å². The normalized spacial score (nSPS) is 12.8. The fourth-order valence-corrected chi connectivity index (χ4v) is 2.48. The number of nitrogens with zero attached hydrogens (tertiary/aromatic N) is 1. The Morgan fingerprint density at radius 2 is 2.22 bits per heavy atom. The molecule has 18 heavy (non-hydrogen) atoms. The molecule has 0 spiro atoms. The molecular formula is C14H17BrN2O. The molecule has 0 amide bonds. The summed E-state index contributed by atoms with van der Waals surface area (Å²) < 4.78 is 1.03. The van der Waals surface area contributed by atoms with Crippen LogP contribution < -0.4 is 5.32 Å². The summed E-state index contributed by atoms with van der Waals surface area (Å²) in [6.45, 7) is 3.07. The first-order valence-corrected chi connectivity index (χ1v) is 6.94. The molecule has 1 unspecified atom stereocenters. The molecule has 2 rings (SSSR count). The van der Waals surface area contributed by atoms with Crippen LogP contribution in [0.25, 0.3) is 10.9 Å². The summed E-state index contributed by atoms with van der Waals surface area (Å²) in [7, 11) is 0. The molecule has 1 atom stereocenters. The lowest BCUT2D eigenvalue weighted by Gasteiger charge is -2.18. The van der Waals surface area contributed by atoms with Gasteiger partial charge < -0.3 is 10.4 Å². The Hall–Kier alpha value is -0.970. The Morgan fingerprint density at radius 1 is 1.39 bits per heavy atom.